The summed E-state index contributed by atoms with van der Waals surface area (Å²) in [6.07, 6.45) is 7.20. The van der Waals surface area contributed by atoms with E-state index in [0.29, 0.717) is 29.6 Å². The minimum atomic E-state index is -0.242. The smallest absolute Gasteiger partial charge is 0.272 e. The maximum absolute atomic E-state index is 12.8. The Morgan fingerprint density at radius 3 is 2.78 bits per heavy atom. The molecule has 1 aliphatic heterocycles. The maximum Gasteiger partial charge on any atom is 0.272 e. The third-order valence-electron chi connectivity index (χ3n) is 5.89. The molecule has 0 saturated heterocycles. The maximum atomic E-state index is 12.8. The van der Waals surface area contributed by atoms with Crippen molar-refractivity contribution < 1.29 is 14.3 Å². The van der Waals surface area contributed by atoms with Gasteiger partial charge in [-0.2, -0.15) is 14.9 Å². The fourth-order valence-electron chi connectivity index (χ4n) is 4.36. The second-order valence-corrected chi connectivity index (χ2v) is 8.20. The third kappa shape index (κ3) is 4.36. The molecule has 36 heavy (non-hydrogen) atoms. The van der Waals surface area contributed by atoms with E-state index in [0.717, 1.165) is 22.4 Å². The highest BCUT2D eigenvalue weighted by molar-refractivity contribution is 5.95. The molecule has 5 rings (SSSR count). The number of aromatic nitrogens is 5. The van der Waals surface area contributed by atoms with Crippen LogP contribution in [-0.4, -0.2) is 44.1 Å². The monoisotopic (exact) mass is 480 g/mol. The molecule has 0 fully saturated rings. The summed E-state index contributed by atoms with van der Waals surface area (Å²) in [6, 6.07) is 15.3. The number of amides is 1. The molecule has 3 heterocycles. The van der Waals surface area contributed by atoms with Gasteiger partial charge in [0.25, 0.3) is 5.95 Å². The highest BCUT2D eigenvalue weighted by Gasteiger charge is 2.34. The van der Waals surface area contributed by atoms with E-state index in [9.17, 15) is 4.79 Å². The van der Waals surface area contributed by atoms with Crippen LogP contribution >= 0.6 is 0 Å². The predicted molar refractivity (Wildman–Crippen MR) is 134 cm³/mol. The molecule has 1 aliphatic rings. The van der Waals surface area contributed by atoms with Gasteiger partial charge in [0, 0.05) is 23.5 Å². The molecule has 0 aliphatic carbocycles. The van der Waals surface area contributed by atoms with Crippen LogP contribution in [-0.2, 0) is 4.79 Å². The average molecular weight is 481 g/mol. The number of nitrogens with one attached hydrogen (secondary N) is 1. The minimum absolute atomic E-state index is 0.133. The highest BCUT2D eigenvalue weighted by atomic mass is 16.5. The number of terminal acetylenes is 1. The molecule has 2 aromatic heterocycles. The van der Waals surface area contributed by atoms with Gasteiger partial charge in [0.05, 0.1) is 24.2 Å². The van der Waals surface area contributed by atoms with Gasteiger partial charge in [0.1, 0.15) is 12.4 Å². The summed E-state index contributed by atoms with van der Waals surface area (Å²) >= 11 is 0. The molecule has 0 bridgehead atoms. The van der Waals surface area contributed by atoms with E-state index in [1.54, 1.807) is 10.9 Å². The standard InChI is InChI=1S/C27H24N6O3/c1-4-13-36-22-12-11-19(14-23(22)35-5-2)20-15-24(34)30-26-25(20)17(3)32-33(26)27-29-21(16-28-31-27)18-9-7-6-8-10-18/h1,6-12,14,16,20H,5,13,15H2,2-3H3,(H,30,34)/t20-/m1/s1. The number of hydrogen-bond acceptors (Lipinski definition) is 7. The van der Waals surface area contributed by atoms with E-state index >= 15 is 0 Å². The van der Waals surface area contributed by atoms with Gasteiger partial charge in [-0.1, -0.05) is 42.3 Å². The molecule has 4 aromatic rings. The summed E-state index contributed by atoms with van der Waals surface area (Å²) in [5, 5.41) is 16.0. The van der Waals surface area contributed by atoms with Crippen molar-refractivity contribution in [2.75, 3.05) is 18.5 Å². The fourth-order valence-corrected chi connectivity index (χ4v) is 4.36. The second-order valence-electron chi connectivity index (χ2n) is 8.20. The molecule has 1 atom stereocenters. The van der Waals surface area contributed by atoms with Crippen molar-refractivity contribution in [1.82, 2.24) is 25.0 Å². The lowest BCUT2D eigenvalue weighted by molar-refractivity contribution is -0.116. The van der Waals surface area contributed by atoms with E-state index in [2.05, 4.69) is 31.5 Å². The molecular weight excluding hydrogens is 456 g/mol. The van der Waals surface area contributed by atoms with Gasteiger partial charge in [-0.3, -0.25) is 4.79 Å². The van der Waals surface area contributed by atoms with Gasteiger partial charge in [-0.15, -0.1) is 11.5 Å². The van der Waals surface area contributed by atoms with Crippen molar-refractivity contribution in [3.05, 3.63) is 71.5 Å². The lowest BCUT2D eigenvalue weighted by Crippen LogP contribution is -2.25. The SMILES string of the molecule is C#CCOc1ccc([C@H]2CC(=O)Nc3c2c(C)nn3-c2nncc(-c3ccccc3)n2)cc1OCC. The van der Waals surface area contributed by atoms with Gasteiger partial charge in [-0.25, -0.2) is 4.98 Å². The zero-order valence-electron chi connectivity index (χ0n) is 19.9. The van der Waals surface area contributed by atoms with E-state index in [4.69, 9.17) is 15.9 Å². The number of nitrogens with zero attached hydrogens (tertiary/aromatic N) is 5. The molecule has 9 nitrogen and oxygen atoms in total. The second kappa shape index (κ2) is 9.88. The Morgan fingerprint density at radius 2 is 2.00 bits per heavy atom. The Kier molecular flexibility index (Phi) is 6.33. The first kappa shape index (κ1) is 23.1. The number of rotatable bonds is 7. The summed E-state index contributed by atoms with van der Waals surface area (Å²) < 4.78 is 13.0. The number of hydrogen-bond donors (Lipinski definition) is 1. The molecular formula is C27H24N6O3. The predicted octanol–water partition coefficient (Wildman–Crippen LogP) is 3.92. The molecule has 9 heteroatoms. The molecule has 180 valence electrons. The quantitative estimate of drug-likeness (QED) is 0.400. The number of benzene rings is 2. The van der Waals surface area contributed by atoms with Crippen molar-refractivity contribution >= 4 is 11.7 Å². The fraction of sp³-hybridized carbons (Fsp3) is 0.222. The zero-order chi connectivity index (χ0) is 25.1. The van der Waals surface area contributed by atoms with Crippen LogP contribution in [0.15, 0.2) is 54.7 Å². The zero-order valence-corrected chi connectivity index (χ0v) is 19.9. The lowest BCUT2D eigenvalue weighted by Gasteiger charge is -2.25. The number of ether oxygens (including phenoxy) is 2. The van der Waals surface area contributed by atoms with E-state index in [-0.39, 0.29) is 30.8 Å². The first-order valence-corrected chi connectivity index (χ1v) is 11.6. The molecule has 0 saturated carbocycles. The molecule has 0 radical (unpaired) electrons. The third-order valence-corrected chi connectivity index (χ3v) is 5.89. The number of carbonyl (C=O) groups is 1. The van der Waals surface area contributed by atoms with Gasteiger partial charge < -0.3 is 14.8 Å². The lowest BCUT2D eigenvalue weighted by atomic mass is 9.85. The Labute approximate surface area is 208 Å². The van der Waals surface area contributed by atoms with Gasteiger partial charge in [-0.05, 0) is 31.5 Å². The normalized spacial score (nSPS) is 14.5. The van der Waals surface area contributed by atoms with Crippen molar-refractivity contribution in [2.24, 2.45) is 0 Å². The van der Waals surface area contributed by atoms with Gasteiger partial charge in [0.2, 0.25) is 5.91 Å². The van der Waals surface area contributed by atoms with Crippen molar-refractivity contribution in [3.8, 4) is 41.0 Å². The summed E-state index contributed by atoms with van der Waals surface area (Å²) in [5.41, 5.74) is 4.12. The molecule has 0 spiro atoms. The number of aryl methyl sites for hydroxylation is 1. The van der Waals surface area contributed by atoms with Crippen molar-refractivity contribution in [1.29, 1.82) is 0 Å². The number of carbonyl (C=O) groups excluding carboxylic acids is 1. The molecule has 1 amide bonds. The number of fused-ring (bicyclic) bond motifs is 1. The van der Waals surface area contributed by atoms with Gasteiger partial charge in [0.15, 0.2) is 11.5 Å². The molecule has 2 aromatic carbocycles. The summed E-state index contributed by atoms with van der Waals surface area (Å²) in [6.45, 7) is 4.40. The first-order chi connectivity index (χ1) is 17.6. The van der Waals surface area contributed by atoms with Crippen LogP contribution in [0.4, 0.5) is 5.82 Å². The summed E-state index contributed by atoms with van der Waals surface area (Å²) in [5.74, 6) is 4.03. The Balaban J connectivity index is 1.57. The highest BCUT2D eigenvalue weighted by Crippen LogP contribution is 2.42. The molecule has 0 unspecified atom stereocenters. The summed E-state index contributed by atoms with van der Waals surface area (Å²) in [7, 11) is 0. The topological polar surface area (TPSA) is 104 Å². The van der Waals surface area contributed by atoms with Gasteiger partial charge >= 0.3 is 0 Å². The Bertz CT molecular complexity index is 1460. The van der Waals surface area contributed by atoms with Crippen LogP contribution in [0.3, 0.4) is 0 Å². The van der Waals surface area contributed by atoms with Crippen LogP contribution in [0.1, 0.15) is 36.1 Å². The van der Waals surface area contributed by atoms with E-state index in [1.165, 1.54) is 0 Å². The summed E-state index contributed by atoms with van der Waals surface area (Å²) in [4.78, 5) is 17.5. The van der Waals surface area contributed by atoms with Crippen LogP contribution in [0, 0.1) is 19.3 Å². The average Bonchev–Trinajstić information content (AvgIpc) is 3.24. The Morgan fingerprint density at radius 1 is 1.17 bits per heavy atom. The minimum Gasteiger partial charge on any atom is -0.490 e. The number of anilines is 1. The Hall–Kier alpha value is -4.71. The van der Waals surface area contributed by atoms with Crippen LogP contribution in [0.5, 0.6) is 11.5 Å². The van der Waals surface area contributed by atoms with E-state index < -0.39 is 0 Å². The van der Waals surface area contributed by atoms with Crippen LogP contribution in [0.25, 0.3) is 17.2 Å². The van der Waals surface area contributed by atoms with Crippen molar-refractivity contribution in [2.45, 2.75) is 26.2 Å². The molecule has 1 N–H and O–H groups in total. The van der Waals surface area contributed by atoms with Crippen molar-refractivity contribution in [3.63, 3.8) is 0 Å². The largest absolute Gasteiger partial charge is 0.490 e. The van der Waals surface area contributed by atoms with Crippen LogP contribution < -0.4 is 14.8 Å². The first-order valence-electron chi connectivity index (χ1n) is 11.6. The van der Waals surface area contributed by atoms with Crippen LogP contribution in [0.2, 0.25) is 0 Å². The van der Waals surface area contributed by atoms with E-state index in [1.807, 2.05) is 62.4 Å².